The third-order valence-electron chi connectivity index (χ3n) is 4.98. The van der Waals surface area contributed by atoms with E-state index < -0.39 is 0 Å². The number of aryl methyl sites for hydroxylation is 1. The summed E-state index contributed by atoms with van der Waals surface area (Å²) in [6.07, 6.45) is 0. The smallest absolute Gasteiger partial charge is 0.205 e. The summed E-state index contributed by atoms with van der Waals surface area (Å²) in [6, 6.07) is 27.3. The summed E-state index contributed by atoms with van der Waals surface area (Å²) < 4.78 is 0. The number of fused-ring (bicyclic) bond motifs is 1. The largest absolute Gasteiger partial charge is 0.253 e. The molecule has 0 aliphatic rings. The fraction of sp³-hybridized carbons (Fsp3) is 0.0833. The van der Waals surface area contributed by atoms with Crippen molar-refractivity contribution in [3.8, 4) is 22.5 Å². The number of nitrogens with one attached hydrogen (secondary N) is 1. The topological polar surface area (TPSA) is 67.3 Å². The fourth-order valence-electron chi connectivity index (χ4n) is 3.54. The maximum Gasteiger partial charge on any atom is 0.205 e. The molecule has 0 aliphatic carbocycles. The van der Waals surface area contributed by atoms with Gasteiger partial charge in [0.15, 0.2) is 0 Å². The van der Waals surface area contributed by atoms with Gasteiger partial charge in [0.1, 0.15) is 0 Å². The van der Waals surface area contributed by atoms with E-state index in [1.54, 1.807) is 0 Å². The van der Waals surface area contributed by atoms with E-state index in [1.807, 2.05) is 43.0 Å². The van der Waals surface area contributed by atoms with Crippen LogP contribution in [0.2, 0.25) is 0 Å². The third-order valence-corrected chi connectivity index (χ3v) is 6.11. The van der Waals surface area contributed by atoms with Crippen molar-refractivity contribution in [3.05, 3.63) is 90.1 Å². The van der Waals surface area contributed by atoms with Crippen LogP contribution in [0.4, 0.5) is 0 Å². The van der Waals surface area contributed by atoms with Crippen LogP contribution in [0.5, 0.6) is 0 Å². The first kappa shape index (κ1) is 21.0. The maximum atomic E-state index is 4.64. The lowest BCUT2D eigenvalue weighted by Gasteiger charge is -2.09. The molecule has 5 rings (SSSR count). The van der Waals surface area contributed by atoms with Crippen LogP contribution < -0.4 is 0 Å². The monoisotopic (exact) mass is 445 g/mol. The predicted octanol–water partition coefficient (Wildman–Crippen LogP) is 6.10. The number of benzene rings is 3. The van der Waals surface area contributed by atoms with Crippen LogP contribution in [-0.4, -0.2) is 25.6 Å². The zero-order valence-corrected chi connectivity index (χ0v) is 18.5. The van der Waals surface area contributed by atoms with Gasteiger partial charge in [0.05, 0.1) is 5.52 Å². The highest BCUT2D eigenvalue weighted by Gasteiger charge is 2.11. The predicted molar refractivity (Wildman–Crippen MR) is 128 cm³/mol. The number of para-hydroxylation sites is 1. The van der Waals surface area contributed by atoms with Crippen LogP contribution in [0.1, 0.15) is 11.3 Å². The highest BCUT2D eigenvalue weighted by Crippen LogP contribution is 2.32. The van der Waals surface area contributed by atoms with Gasteiger partial charge in [-0.1, -0.05) is 66.7 Å². The third kappa shape index (κ3) is 4.45. The van der Waals surface area contributed by atoms with Crippen LogP contribution in [0.15, 0.2) is 83.8 Å². The minimum Gasteiger partial charge on any atom is -0.253 e. The molecule has 0 atom stereocenters. The summed E-state index contributed by atoms with van der Waals surface area (Å²) in [6.45, 7) is 2.05. The summed E-state index contributed by atoms with van der Waals surface area (Å²) in [5.41, 5.74) is 6.56. The van der Waals surface area contributed by atoms with Crippen molar-refractivity contribution >= 4 is 35.1 Å². The molecule has 3 aromatic carbocycles. The van der Waals surface area contributed by atoms with E-state index in [0.29, 0.717) is 5.82 Å². The lowest BCUT2D eigenvalue weighted by molar-refractivity contribution is 0.881. The molecule has 5 aromatic rings. The molecule has 5 nitrogen and oxygen atoms in total. The highest BCUT2D eigenvalue weighted by atomic mass is 35.5. The van der Waals surface area contributed by atoms with Crippen molar-refractivity contribution in [1.82, 2.24) is 25.6 Å². The number of H-pyrrole nitrogens is 1. The van der Waals surface area contributed by atoms with E-state index >= 15 is 0 Å². The summed E-state index contributed by atoms with van der Waals surface area (Å²) in [5, 5.41) is 15.7. The molecule has 0 aliphatic heterocycles. The van der Waals surface area contributed by atoms with Crippen molar-refractivity contribution < 1.29 is 0 Å². The highest BCUT2D eigenvalue weighted by molar-refractivity contribution is 7.98. The van der Waals surface area contributed by atoms with Crippen LogP contribution in [0, 0.1) is 6.92 Å². The van der Waals surface area contributed by atoms with E-state index in [0.717, 1.165) is 33.7 Å². The summed E-state index contributed by atoms with van der Waals surface area (Å²) in [5.74, 6) is 1.50. The number of aromatic amines is 1. The first-order valence-electron chi connectivity index (χ1n) is 9.69. The zero-order valence-electron chi connectivity index (χ0n) is 16.8. The Morgan fingerprint density at radius 2 is 1.61 bits per heavy atom. The Morgan fingerprint density at radius 1 is 0.871 bits per heavy atom. The molecule has 0 saturated carbocycles. The van der Waals surface area contributed by atoms with Crippen LogP contribution in [0.3, 0.4) is 0 Å². The molecule has 0 radical (unpaired) electrons. The standard InChI is InChI=1S/C24H19N5S.ClH/c1-16-14-23(21-8-4-5-9-22(21)25-16)30-15-17-10-12-18(13-11-17)19-6-2-3-7-20(19)24-26-28-29-27-24;/h2-14H,15H2,1H3,(H,26,27,28,29);1H. The minimum absolute atomic E-state index is 0. The van der Waals surface area contributed by atoms with Crippen molar-refractivity contribution in [3.63, 3.8) is 0 Å². The number of nitrogens with zero attached hydrogens (tertiary/aromatic N) is 4. The first-order chi connectivity index (χ1) is 14.8. The number of pyridine rings is 1. The van der Waals surface area contributed by atoms with Gasteiger partial charge >= 0.3 is 0 Å². The second-order valence-electron chi connectivity index (χ2n) is 7.05. The Morgan fingerprint density at radius 3 is 2.39 bits per heavy atom. The quantitative estimate of drug-likeness (QED) is 0.331. The van der Waals surface area contributed by atoms with Crippen molar-refractivity contribution in [2.24, 2.45) is 0 Å². The van der Waals surface area contributed by atoms with E-state index in [1.165, 1.54) is 15.8 Å². The van der Waals surface area contributed by atoms with E-state index in [9.17, 15) is 0 Å². The van der Waals surface area contributed by atoms with Crippen molar-refractivity contribution in [1.29, 1.82) is 0 Å². The van der Waals surface area contributed by atoms with Crippen LogP contribution in [0.25, 0.3) is 33.4 Å². The molecule has 2 aromatic heterocycles. The number of aromatic nitrogens is 5. The minimum atomic E-state index is 0. The maximum absolute atomic E-state index is 4.64. The fourth-order valence-corrected chi connectivity index (χ4v) is 4.63. The van der Waals surface area contributed by atoms with Gasteiger partial charge in [-0.3, -0.25) is 4.98 Å². The number of hydrogen-bond acceptors (Lipinski definition) is 5. The zero-order chi connectivity index (χ0) is 20.3. The Balaban J connectivity index is 0.00000231. The molecule has 0 fully saturated rings. The van der Waals surface area contributed by atoms with Gasteiger partial charge in [0.25, 0.3) is 0 Å². The second kappa shape index (κ2) is 9.29. The Labute approximate surface area is 190 Å². The first-order valence-corrected chi connectivity index (χ1v) is 10.7. The van der Waals surface area contributed by atoms with Gasteiger partial charge in [-0.2, -0.15) is 5.21 Å². The van der Waals surface area contributed by atoms with Gasteiger partial charge in [0.2, 0.25) is 5.82 Å². The molecule has 0 bridgehead atoms. The Bertz CT molecular complexity index is 1300. The number of tetrazole rings is 1. The molecule has 31 heavy (non-hydrogen) atoms. The molecular formula is C24H20ClN5S. The van der Waals surface area contributed by atoms with Gasteiger partial charge in [0, 0.05) is 27.3 Å². The van der Waals surface area contributed by atoms with Crippen molar-refractivity contribution in [2.75, 3.05) is 0 Å². The SMILES string of the molecule is Cc1cc(SCc2ccc(-c3ccccc3-c3nn[nH]n3)cc2)c2ccccc2n1.Cl. The lowest BCUT2D eigenvalue weighted by atomic mass is 9.98. The number of thioether (sulfide) groups is 1. The van der Waals surface area contributed by atoms with E-state index in [-0.39, 0.29) is 12.4 Å². The number of halogens is 1. The molecule has 0 saturated heterocycles. The van der Waals surface area contributed by atoms with Gasteiger partial charge in [-0.25, -0.2) is 0 Å². The molecule has 7 heteroatoms. The van der Waals surface area contributed by atoms with E-state index in [4.69, 9.17) is 0 Å². The molecule has 1 N–H and O–H groups in total. The van der Waals surface area contributed by atoms with E-state index in [2.05, 4.69) is 80.2 Å². The van der Waals surface area contributed by atoms with Crippen LogP contribution >= 0.6 is 24.2 Å². The molecule has 154 valence electrons. The van der Waals surface area contributed by atoms with Gasteiger partial charge < -0.3 is 0 Å². The van der Waals surface area contributed by atoms with Gasteiger partial charge in [-0.05, 0) is 41.0 Å². The van der Waals surface area contributed by atoms with Crippen molar-refractivity contribution in [2.45, 2.75) is 17.6 Å². The Hall–Kier alpha value is -3.22. The molecular weight excluding hydrogens is 426 g/mol. The summed E-state index contributed by atoms with van der Waals surface area (Å²) >= 11 is 1.85. The van der Waals surface area contributed by atoms with Crippen LogP contribution in [-0.2, 0) is 5.75 Å². The summed E-state index contributed by atoms with van der Waals surface area (Å²) in [4.78, 5) is 5.90. The molecule has 0 unspecified atom stereocenters. The normalized spacial score (nSPS) is 10.7. The molecule has 0 spiro atoms. The molecule has 2 heterocycles. The van der Waals surface area contributed by atoms with Gasteiger partial charge in [-0.15, -0.1) is 34.4 Å². The number of hydrogen-bond donors (Lipinski definition) is 1. The average molecular weight is 446 g/mol. The second-order valence-corrected chi connectivity index (χ2v) is 8.06. The molecule has 0 amide bonds. The summed E-state index contributed by atoms with van der Waals surface area (Å²) in [7, 11) is 0. The average Bonchev–Trinajstić information content (AvgIpc) is 3.33. The Kier molecular flexibility index (Phi) is 6.30. The number of rotatable bonds is 5. The lowest BCUT2D eigenvalue weighted by Crippen LogP contribution is -1.89.